The second-order valence-electron chi connectivity index (χ2n) is 7.63. The van der Waals surface area contributed by atoms with E-state index in [1.807, 2.05) is 60.7 Å². The Balaban J connectivity index is 1.44. The van der Waals surface area contributed by atoms with Gasteiger partial charge in [0.15, 0.2) is 0 Å². The van der Waals surface area contributed by atoms with E-state index in [4.69, 9.17) is 5.14 Å². The lowest BCUT2D eigenvalue weighted by atomic mass is 10.1. The molecule has 0 atom stereocenters. The van der Waals surface area contributed by atoms with Crippen molar-refractivity contribution in [1.29, 1.82) is 0 Å². The van der Waals surface area contributed by atoms with Crippen LogP contribution in [0.15, 0.2) is 89.8 Å². The summed E-state index contributed by atoms with van der Waals surface area (Å²) >= 11 is 0. The number of benzene rings is 3. The summed E-state index contributed by atoms with van der Waals surface area (Å²) in [5, 5.41) is 11.5. The Morgan fingerprint density at radius 1 is 0.879 bits per heavy atom. The van der Waals surface area contributed by atoms with Crippen molar-refractivity contribution in [2.75, 3.05) is 13.1 Å². The van der Waals surface area contributed by atoms with E-state index in [0.29, 0.717) is 25.2 Å². The third-order valence-electron chi connectivity index (χ3n) is 5.13. The van der Waals surface area contributed by atoms with Crippen LogP contribution >= 0.6 is 0 Å². The molecule has 0 aliphatic carbocycles. The van der Waals surface area contributed by atoms with Gasteiger partial charge in [0.2, 0.25) is 10.0 Å². The topological polar surface area (TPSA) is 101 Å². The molecule has 0 unspecified atom stereocenters. The Morgan fingerprint density at radius 3 is 2.30 bits per heavy atom. The van der Waals surface area contributed by atoms with Crippen molar-refractivity contribution in [3.8, 4) is 0 Å². The molecule has 1 amide bonds. The molecule has 7 heteroatoms. The standard InChI is InChI=1S/C26H29N3O3S/c27-33(31,32)24-15-13-22(14-16-24)17-19-28-20-23-11-4-5-12-25(23)26(30)29-18-7-6-10-21-8-2-1-3-9-21/h1-6,8-16,28H,7,17-20H2,(H,29,30)(H2,27,31,32). The quantitative estimate of drug-likeness (QED) is 0.379. The average molecular weight is 464 g/mol. The number of rotatable bonds is 11. The van der Waals surface area contributed by atoms with Gasteiger partial charge in [-0.15, -0.1) is 0 Å². The van der Waals surface area contributed by atoms with Gasteiger partial charge in [0.05, 0.1) is 4.90 Å². The number of amides is 1. The summed E-state index contributed by atoms with van der Waals surface area (Å²) in [6, 6.07) is 24.2. The van der Waals surface area contributed by atoms with Crippen molar-refractivity contribution in [2.24, 2.45) is 5.14 Å². The van der Waals surface area contributed by atoms with Gasteiger partial charge in [0.25, 0.3) is 5.91 Å². The largest absolute Gasteiger partial charge is 0.352 e. The van der Waals surface area contributed by atoms with E-state index in [2.05, 4.69) is 16.7 Å². The van der Waals surface area contributed by atoms with Crippen molar-refractivity contribution in [1.82, 2.24) is 10.6 Å². The predicted molar refractivity (Wildman–Crippen MR) is 132 cm³/mol. The Hall–Kier alpha value is -3.26. The molecule has 0 heterocycles. The van der Waals surface area contributed by atoms with Crippen LogP contribution in [0.1, 0.15) is 33.5 Å². The van der Waals surface area contributed by atoms with Gasteiger partial charge in [-0.25, -0.2) is 13.6 Å². The van der Waals surface area contributed by atoms with Crippen LogP contribution in [0.3, 0.4) is 0 Å². The van der Waals surface area contributed by atoms with Crippen LogP contribution in [0.25, 0.3) is 6.08 Å². The maximum atomic E-state index is 12.6. The molecule has 4 N–H and O–H groups in total. The zero-order valence-corrected chi connectivity index (χ0v) is 19.2. The van der Waals surface area contributed by atoms with Crippen LogP contribution in [0, 0.1) is 0 Å². The summed E-state index contributed by atoms with van der Waals surface area (Å²) in [6.45, 7) is 1.82. The molecule has 3 aromatic rings. The monoisotopic (exact) mass is 463 g/mol. The van der Waals surface area contributed by atoms with Crippen LogP contribution < -0.4 is 15.8 Å². The van der Waals surface area contributed by atoms with Crippen molar-refractivity contribution in [2.45, 2.75) is 24.3 Å². The fourth-order valence-electron chi connectivity index (χ4n) is 3.35. The van der Waals surface area contributed by atoms with Gasteiger partial charge in [0.1, 0.15) is 0 Å². The Bertz CT molecular complexity index is 1170. The summed E-state index contributed by atoms with van der Waals surface area (Å²) in [5.74, 6) is -0.0842. The first-order chi connectivity index (χ1) is 15.9. The molecule has 6 nitrogen and oxygen atoms in total. The highest BCUT2D eigenvalue weighted by Gasteiger charge is 2.10. The summed E-state index contributed by atoms with van der Waals surface area (Å²) in [6.07, 6.45) is 5.59. The second-order valence-corrected chi connectivity index (χ2v) is 9.19. The van der Waals surface area contributed by atoms with E-state index < -0.39 is 10.0 Å². The van der Waals surface area contributed by atoms with E-state index in [1.54, 1.807) is 12.1 Å². The zero-order chi connectivity index (χ0) is 23.5. The Kier molecular flexibility index (Phi) is 8.95. The molecular weight excluding hydrogens is 434 g/mol. The van der Waals surface area contributed by atoms with Gasteiger partial charge in [-0.05, 0) is 54.3 Å². The maximum Gasteiger partial charge on any atom is 0.251 e. The molecule has 0 aliphatic heterocycles. The smallest absolute Gasteiger partial charge is 0.251 e. The minimum atomic E-state index is -3.67. The fourth-order valence-corrected chi connectivity index (χ4v) is 3.86. The number of sulfonamides is 1. The van der Waals surface area contributed by atoms with Crippen molar-refractivity contribution in [3.05, 3.63) is 107 Å². The molecule has 0 spiro atoms. The van der Waals surface area contributed by atoms with E-state index in [1.165, 1.54) is 12.1 Å². The molecule has 0 aromatic heterocycles. The highest BCUT2D eigenvalue weighted by Crippen LogP contribution is 2.11. The predicted octanol–water partition coefficient (Wildman–Crippen LogP) is 3.50. The second kappa shape index (κ2) is 12.1. The number of hydrogen-bond acceptors (Lipinski definition) is 4. The Morgan fingerprint density at radius 2 is 1.58 bits per heavy atom. The molecule has 172 valence electrons. The summed E-state index contributed by atoms with van der Waals surface area (Å²) in [7, 11) is -3.67. The van der Waals surface area contributed by atoms with Gasteiger partial charge in [-0.2, -0.15) is 0 Å². The fraction of sp³-hybridized carbons (Fsp3) is 0.192. The van der Waals surface area contributed by atoms with Crippen molar-refractivity contribution >= 4 is 22.0 Å². The number of carbonyl (C=O) groups excluding carboxylic acids is 1. The molecular formula is C26H29N3O3S. The number of primary sulfonamides is 1. The lowest BCUT2D eigenvalue weighted by Crippen LogP contribution is -2.26. The Labute approximate surface area is 195 Å². The zero-order valence-electron chi connectivity index (χ0n) is 18.4. The van der Waals surface area contributed by atoms with E-state index in [0.717, 1.165) is 29.5 Å². The van der Waals surface area contributed by atoms with Gasteiger partial charge in [-0.1, -0.05) is 72.8 Å². The van der Waals surface area contributed by atoms with Crippen LogP contribution in [-0.2, 0) is 23.0 Å². The van der Waals surface area contributed by atoms with Crippen molar-refractivity contribution in [3.63, 3.8) is 0 Å². The molecule has 0 fully saturated rings. The van der Waals surface area contributed by atoms with Crippen LogP contribution in [-0.4, -0.2) is 27.4 Å². The van der Waals surface area contributed by atoms with E-state index in [9.17, 15) is 13.2 Å². The highest BCUT2D eigenvalue weighted by molar-refractivity contribution is 7.89. The normalized spacial score (nSPS) is 11.5. The number of hydrogen-bond donors (Lipinski definition) is 3. The third-order valence-corrected chi connectivity index (χ3v) is 6.06. The average Bonchev–Trinajstić information content (AvgIpc) is 2.82. The lowest BCUT2D eigenvalue weighted by Gasteiger charge is -2.11. The minimum absolute atomic E-state index is 0.0842. The first-order valence-corrected chi connectivity index (χ1v) is 12.4. The summed E-state index contributed by atoms with van der Waals surface area (Å²) < 4.78 is 22.7. The van der Waals surface area contributed by atoms with Crippen molar-refractivity contribution < 1.29 is 13.2 Å². The first kappa shape index (κ1) is 24.4. The molecule has 0 aliphatic rings. The SMILES string of the molecule is NS(=O)(=O)c1ccc(CCNCc2ccccc2C(=O)NCCC=Cc2ccccc2)cc1. The maximum absolute atomic E-state index is 12.6. The van der Waals surface area contributed by atoms with Crippen LogP contribution in [0.5, 0.6) is 0 Å². The molecule has 33 heavy (non-hydrogen) atoms. The molecule has 0 saturated heterocycles. The third kappa shape index (κ3) is 7.98. The highest BCUT2D eigenvalue weighted by atomic mass is 32.2. The molecule has 0 radical (unpaired) electrons. The molecule has 0 bridgehead atoms. The lowest BCUT2D eigenvalue weighted by molar-refractivity contribution is 0.0953. The molecule has 0 saturated carbocycles. The van der Waals surface area contributed by atoms with Gasteiger partial charge in [0, 0.05) is 18.7 Å². The van der Waals surface area contributed by atoms with Gasteiger partial charge in [-0.3, -0.25) is 4.79 Å². The number of nitrogens with one attached hydrogen (secondary N) is 2. The van der Waals surface area contributed by atoms with Gasteiger partial charge < -0.3 is 10.6 Å². The van der Waals surface area contributed by atoms with E-state index >= 15 is 0 Å². The molecule has 3 aromatic carbocycles. The number of carbonyl (C=O) groups is 1. The molecule has 3 rings (SSSR count). The van der Waals surface area contributed by atoms with Crippen LogP contribution in [0.4, 0.5) is 0 Å². The van der Waals surface area contributed by atoms with Gasteiger partial charge >= 0.3 is 0 Å². The van der Waals surface area contributed by atoms with E-state index in [-0.39, 0.29) is 10.8 Å². The van der Waals surface area contributed by atoms with Crippen LogP contribution in [0.2, 0.25) is 0 Å². The minimum Gasteiger partial charge on any atom is -0.352 e. The summed E-state index contributed by atoms with van der Waals surface area (Å²) in [5.41, 5.74) is 3.74. The first-order valence-electron chi connectivity index (χ1n) is 10.8. The summed E-state index contributed by atoms with van der Waals surface area (Å²) in [4.78, 5) is 12.7. The number of nitrogens with two attached hydrogens (primary N) is 1.